The highest BCUT2D eigenvalue weighted by Crippen LogP contribution is 2.36. The van der Waals surface area contributed by atoms with Crippen LogP contribution in [0.4, 0.5) is 0 Å². The maximum atomic E-state index is 10.9. The van der Waals surface area contributed by atoms with Crippen LogP contribution in [0.5, 0.6) is 5.75 Å². The van der Waals surface area contributed by atoms with Crippen molar-refractivity contribution in [1.82, 2.24) is 0 Å². The maximum absolute atomic E-state index is 10.9. The summed E-state index contributed by atoms with van der Waals surface area (Å²) in [4.78, 5) is 10.9. The molecule has 0 aliphatic carbocycles. The quantitative estimate of drug-likeness (QED) is 0.897. The van der Waals surface area contributed by atoms with E-state index < -0.39 is 12.0 Å². The molecule has 0 aliphatic rings. The van der Waals surface area contributed by atoms with Crippen LogP contribution in [-0.2, 0) is 4.79 Å². The third kappa shape index (κ3) is 2.98. The van der Waals surface area contributed by atoms with Gasteiger partial charge in [0.2, 0.25) is 0 Å². The lowest BCUT2D eigenvalue weighted by atomic mass is 9.97. The number of rotatable bonds is 4. The molecule has 0 saturated carbocycles. The SMILES string of the molecule is COc1c(Br)cc(C(N)C(=O)O)cc1C(C)C. The Hall–Kier alpha value is -1.07. The second-order valence-corrected chi connectivity index (χ2v) is 4.95. The van der Waals surface area contributed by atoms with Crippen molar-refractivity contribution in [3.05, 3.63) is 27.7 Å². The standard InChI is InChI=1S/C12H16BrNO3/c1-6(2)8-4-7(10(14)12(15)16)5-9(13)11(8)17-3/h4-6,10H,14H2,1-3H3,(H,15,16). The Bertz CT molecular complexity index is 432. The van der Waals surface area contributed by atoms with Crippen molar-refractivity contribution in [2.75, 3.05) is 7.11 Å². The fraction of sp³-hybridized carbons (Fsp3) is 0.417. The molecule has 1 unspecified atom stereocenters. The lowest BCUT2D eigenvalue weighted by Crippen LogP contribution is -2.21. The fourth-order valence-electron chi connectivity index (χ4n) is 1.60. The van der Waals surface area contributed by atoms with Gasteiger partial charge in [-0.3, -0.25) is 4.79 Å². The van der Waals surface area contributed by atoms with Crippen LogP contribution in [-0.4, -0.2) is 18.2 Å². The Balaban J connectivity index is 3.33. The van der Waals surface area contributed by atoms with Crippen LogP contribution in [0.3, 0.4) is 0 Å². The largest absolute Gasteiger partial charge is 0.495 e. The molecule has 0 saturated heterocycles. The first kappa shape index (κ1) is 14.0. The summed E-state index contributed by atoms with van der Waals surface area (Å²) in [6, 6.07) is 2.45. The van der Waals surface area contributed by atoms with Crippen molar-refractivity contribution in [2.24, 2.45) is 5.73 Å². The van der Waals surface area contributed by atoms with Gasteiger partial charge in [-0.15, -0.1) is 0 Å². The minimum absolute atomic E-state index is 0.224. The molecule has 1 rings (SSSR count). The lowest BCUT2D eigenvalue weighted by Gasteiger charge is -2.17. The number of aliphatic carboxylic acids is 1. The number of benzene rings is 1. The average molecular weight is 302 g/mol. The van der Waals surface area contributed by atoms with E-state index in [9.17, 15) is 4.79 Å². The van der Waals surface area contributed by atoms with Gasteiger partial charge in [0, 0.05) is 0 Å². The molecule has 0 heterocycles. The zero-order chi connectivity index (χ0) is 13.2. The first-order valence-corrected chi connectivity index (χ1v) is 6.03. The highest BCUT2D eigenvalue weighted by molar-refractivity contribution is 9.10. The predicted octanol–water partition coefficient (Wildman–Crippen LogP) is 2.67. The number of nitrogens with two attached hydrogens (primary N) is 1. The number of hydrogen-bond donors (Lipinski definition) is 2. The molecular weight excluding hydrogens is 286 g/mol. The van der Waals surface area contributed by atoms with Gasteiger partial charge in [-0.25, -0.2) is 0 Å². The summed E-state index contributed by atoms with van der Waals surface area (Å²) in [6.45, 7) is 4.03. The van der Waals surface area contributed by atoms with Gasteiger partial charge in [0.05, 0.1) is 11.6 Å². The highest BCUT2D eigenvalue weighted by Gasteiger charge is 2.19. The van der Waals surface area contributed by atoms with E-state index in [0.29, 0.717) is 5.56 Å². The average Bonchev–Trinajstić information content (AvgIpc) is 2.26. The molecule has 1 aromatic carbocycles. The summed E-state index contributed by atoms with van der Waals surface area (Å²) >= 11 is 3.37. The zero-order valence-corrected chi connectivity index (χ0v) is 11.6. The zero-order valence-electron chi connectivity index (χ0n) is 10.0. The normalized spacial score (nSPS) is 12.6. The molecule has 0 aliphatic heterocycles. The van der Waals surface area contributed by atoms with Crippen LogP contribution < -0.4 is 10.5 Å². The Labute approximate surface area is 109 Å². The van der Waals surface area contributed by atoms with E-state index in [1.807, 2.05) is 13.8 Å². The molecule has 5 heteroatoms. The van der Waals surface area contributed by atoms with E-state index in [2.05, 4.69) is 15.9 Å². The number of hydrogen-bond acceptors (Lipinski definition) is 3. The van der Waals surface area contributed by atoms with Gasteiger partial charge >= 0.3 is 5.97 Å². The van der Waals surface area contributed by atoms with E-state index in [1.165, 1.54) is 0 Å². The van der Waals surface area contributed by atoms with Gasteiger partial charge < -0.3 is 15.6 Å². The highest BCUT2D eigenvalue weighted by atomic mass is 79.9. The second-order valence-electron chi connectivity index (χ2n) is 4.10. The summed E-state index contributed by atoms with van der Waals surface area (Å²) in [5, 5.41) is 8.91. The number of ether oxygens (including phenoxy) is 1. The van der Waals surface area contributed by atoms with Crippen molar-refractivity contribution in [3.63, 3.8) is 0 Å². The molecule has 3 N–H and O–H groups in total. The van der Waals surface area contributed by atoms with Crippen LogP contribution in [0.2, 0.25) is 0 Å². The minimum atomic E-state index is -1.04. The molecule has 0 spiro atoms. The molecule has 1 atom stereocenters. The molecule has 0 radical (unpaired) electrons. The van der Waals surface area contributed by atoms with E-state index in [1.54, 1.807) is 19.2 Å². The van der Waals surface area contributed by atoms with Crippen LogP contribution in [0.1, 0.15) is 36.9 Å². The molecule has 0 aromatic heterocycles. The first-order chi connectivity index (χ1) is 7.88. The number of carbonyl (C=O) groups is 1. The van der Waals surface area contributed by atoms with Gasteiger partial charge in [0.1, 0.15) is 11.8 Å². The molecule has 17 heavy (non-hydrogen) atoms. The van der Waals surface area contributed by atoms with Gasteiger partial charge in [-0.1, -0.05) is 13.8 Å². The molecule has 0 fully saturated rings. The van der Waals surface area contributed by atoms with Crippen LogP contribution >= 0.6 is 15.9 Å². The third-order valence-electron chi connectivity index (χ3n) is 2.55. The van der Waals surface area contributed by atoms with E-state index >= 15 is 0 Å². The number of carboxylic acid groups (broad SMARTS) is 1. The summed E-state index contributed by atoms with van der Waals surface area (Å²) in [5.41, 5.74) is 7.11. The second kappa shape index (κ2) is 5.51. The third-order valence-corrected chi connectivity index (χ3v) is 3.14. The molecule has 1 aromatic rings. The van der Waals surface area contributed by atoms with Gasteiger partial charge in [-0.2, -0.15) is 0 Å². The van der Waals surface area contributed by atoms with E-state index in [0.717, 1.165) is 15.8 Å². The van der Waals surface area contributed by atoms with Gasteiger partial charge in [-0.05, 0) is 45.1 Å². The summed E-state index contributed by atoms with van der Waals surface area (Å²) in [7, 11) is 1.59. The number of methoxy groups -OCH3 is 1. The predicted molar refractivity (Wildman–Crippen MR) is 69.3 cm³/mol. The van der Waals surface area contributed by atoms with Crippen LogP contribution in [0.15, 0.2) is 16.6 Å². The molecule has 0 bridgehead atoms. The Kier molecular flexibility index (Phi) is 4.54. The monoisotopic (exact) mass is 301 g/mol. The van der Waals surface area contributed by atoms with Crippen LogP contribution in [0.25, 0.3) is 0 Å². The molecule has 0 amide bonds. The van der Waals surface area contributed by atoms with Crippen molar-refractivity contribution in [1.29, 1.82) is 0 Å². The Morgan fingerprint density at radius 2 is 2.06 bits per heavy atom. The van der Waals surface area contributed by atoms with Crippen molar-refractivity contribution in [3.8, 4) is 5.75 Å². The maximum Gasteiger partial charge on any atom is 0.325 e. The smallest absolute Gasteiger partial charge is 0.325 e. The van der Waals surface area contributed by atoms with Crippen molar-refractivity contribution >= 4 is 21.9 Å². The lowest BCUT2D eigenvalue weighted by molar-refractivity contribution is -0.138. The Morgan fingerprint density at radius 1 is 1.47 bits per heavy atom. The fourth-order valence-corrected chi connectivity index (χ4v) is 2.26. The summed E-state index contributed by atoms with van der Waals surface area (Å²) in [6.07, 6.45) is 0. The number of carboxylic acids is 1. The van der Waals surface area contributed by atoms with Crippen molar-refractivity contribution in [2.45, 2.75) is 25.8 Å². The van der Waals surface area contributed by atoms with Crippen molar-refractivity contribution < 1.29 is 14.6 Å². The van der Waals surface area contributed by atoms with E-state index in [4.69, 9.17) is 15.6 Å². The number of halogens is 1. The molecular formula is C12H16BrNO3. The van der Waals surface area contributed by atoms with Gasteiger partial charge in [0.25, 0.3) is 0 Å². The summed E-state index contributed by atoms with van der Waals surface area (Å²) < 4.78 is 6.02. The summed E-state index contributed by atoms with van der Waals surface area (Å²) in [5.74, 6) is -0.0969. The molecule has 94 valence electrons. The Morgan fingerprint density at radius 3 is 2.47 bits per heavy atom. The van der Waals surface area contributed by atoms with Gasteiger partial charge in [0.15, 0.2) is 0 Å². The topological polar surface area (TPSA) is 72.5 Å². The van der Waals surface area contributed by atoms with E-state index in [-0.39, 0.29) is 5.92 Å². The molecule has 4 nitrogen and oxygen atoms in total. The van der Waals surface area contributed by atoms with Crippen LogP contribution in [0, 0.1) is 0 Å². The first-order valence-electron chi connectivity index (χ1n) is 5.24. The minimum Gasteiger partial charge on any atom is -0.495 e.